The van der Waals surface area contributed by atoms with Crippen LogP contribution in [-0.4, -0.2) is 45.1 Å². The molecule has 0 aromatic heterocycles. The average molecular weight is 406 g/mol. The summed E-state index contributed by atoms with van der Waals surface area (Å²) in [6.45, 7) is 4.78. The van der Waals surface area contributed by atoms with Crippen molar-refractivity contribution in [3.63, 3.8) is 0 Å². The van der Waals surface area contributed by atoms with Crippen LogP contribution in [-0.2, 0) is 9.53 Å². The highest BCUT2D eigenvalue weighted by molar-refractivity contribution is 6.03. The van der Waals surface area contributed by atoms with E-state index in [1.165, 1.54) is 6.92 Å². The highest BCUT2D eigenvalue weighted by atomic mass is 16.5. The smallest absolute Gasteiger partial charge is 0.303 e. The summed E-state index contributed by atoms with van der Waals surface area (Å²) < 4.78 is 28.1. The first-order valence-corrected chi connectivity index (χ1v) is 9.36. The second-order valence-electron chi connectivity index (χ2n) is 7.37. The summed E-state index contributed by atoms with van der Waals surface area (Å²) in [7, 11) is 6.25. The molecule has 0 saturated heterocycles. The fourth-order valence-corrected chi connectivity index (χ4v) is 3.38. The van der Waals surface area contributed by atoms with E-state index in [1.807, 2.05) is 0 Å². The van der Waals surface area contributed by atoms with Crippen molar-refractivity contribution >= 4 is 16.7 Å². The molecule has 0 heterocycles. The zero-order chi connectivity index (χ0) is 21.8. The SMILES string of the molecule is COc1ccc(OC)c2c(OC)c(C(CCC(C)(C)O)OC(C)=O)cc(OC)c12. The van der Waals surface area contributed by atoms with Gasteiger partial charge in [0.25, 0.3) is 0 Å². The molecule has 1 atom stereocenters. The highest BCUT2D eigenvalue weighted by Gasteiger charge is 2.28. The third-order valence-corrected chi connectivity index (χ3v) is 4.69. The normalized spacial score (nSPS) is 12.4. The van der Waals surface area contributed by atoms with Gasteiger partial charge < -0.3 is 28.8 Å². The molecule has 0 saturated carbocycles. The summed E-state index contributed by atoms with van der Waals surface area (Å²) in [5, 5.41) is 11.5. The van der Waals surface area contributed by atoms with Gasteiger partial charge in [-0.2, -0.15) is 0 Å². The van der Waals surface area contributed by atoms with E-state index in [-0.39, 0.29) is 0 Å². The lowest BCUT2D eigenvalue weighted by Crippen LogP contribution is -2.21. The number of benzene rings is 2. The van der Waals surface area contributed by atoms with E-state index in [9.17, 15) is 9.90 Å². The molecule has 0 aliphatic rings. The first-order chi connectivity index (χ1) is 13.7. The molecule has 0 aliphatic heterocycles. The third-order valence-electron chi connectivity index (χ3n) is 4.69. The van der Waals surface area contributed by atoms with Gasteiger partial charge in [-0.25, -0.2) is 0 Å². The maximum absolute atomic E-state index is 11.8. The predicted molar refractivity (Wildman–Crippen MR) is 110 cm³/mol. The molecule has 0 amide bonds. The molecule has 29 heavy (non-hydrogen) atoms. The quantitative estimate of drug-likeness (QED) is 0.630. The van der Waals surface area contributed by atoms with E-state index in [4.69, 9.17) is 23.7 Å². The minimum absolute atomic E-state index is 0.403. The molecule has 160 valence electrons. The zero-order valence-corrected chi connectivity index (χ0v) is 18.1. The summed E-state index contributed by atoms with van der Waals surface area (Å²) >= 11 is 0. The molecule has 7 nitrogen and oxygen atoms in total. The van der Waals surface area contributed by atoms with Gasteiger partial charge in [0.05, 0.1) is 44.8 Å². The number of methoxy groups -OCH3 is 4. The number of hydrogen-bond donors (Lipinski definition) is 1. The van der Waals surface area contributed by atoms with Gasteiger partial charge >= 0.3 is 5.97 Å². The molecule has 0 bridgehead atoms. The number of rotatable bonds is 9. The number of carbonyl (C=O) groups excluding carboxylic acids is 1. The average Bonchev–Trinajstić information content (AvgIpc) is 2.67. The number of hydrogen-bond acceptors (Lipinski definition) is 7. The van der Waals surface area contributed by atoms with Gasteiger partial charge in [0.1, 0.15) is 29.1 Å². The van der Waals surface area contributed by atoms with Crippen LogP contribution in [0.5, 0.6) is 23.0 Å². The second-order valence-corrected chi connectivity index (χ2v) is 7.37. The van der Waals surface area contributed by atoms with Crippen LogP contribution in [0.4, 0.5) is 0 Å². The van der Waals surface area contributed by atoms with Gasteiger partial charge in [0.15, 0.2) is 0 Å². The summed E-state index contributed by atoms with van der Waals surface area (Å²) in [5.41, 5.74) is -0.282. The number of fused-ring (bicyclic) bond motifs is 1. The van der Waals surface area contributed by atoms with Crippen molar-refractivity contribution in [3.8, 4) is 23.0 Å². The second kappa shape index (κ2) is 9.22. The van der Waals surface area contributed by atoms with E-state index >= 15 is 0 Å². The lowest BCUT2D eigenvalue weighted by atomic mass is 9.93. The van der Waals surface area contributed by atoms with Crippen molar-refractivity contribution in [2.24, 2.45) is 0 Å². The number of carbonyl (C=O) groups is 1. The Hall–Kier alpha value is -2.67. The molecule has 1 unspecified atom stereocenters. The van der Waals surface area contributed by atoms with Crippen LogP contribution < -0.4 is 18.9 Å². The standard InChI is InChI=1S/C22H30O7/c1-13(23)29-15(10-11-22(2,3)24)14-12-18(27-6)19-16(25-4)8-9-17(26-5)20(19)21(14)28-7/h8-9,12,15,24H,10-11H2,1-7H3. The maximum atomic E-state index is 11.8. The molecular formula is C22H30O7. The number of ether oxygens (including phenoxy) is 5. The van der Waals surface area contributed by atoms with Crippen molar-refractivity contribution in [3.05, 3.63) is 23.8 Å². The van der Waals surface area contributed by atoms with Crippen molar-refractivity contribution in [2.75, 3.05) is 28.4 Å². The minimum atomic E-state index is -0.909. The fraction of sp³-hybridized carbons (Fsp3) is 0.500. The molecule has 2 rings (SSSR count). The molecule has 0 spiro atoms. The third kappa shape index (κ3) is 5.03. The first-order valence-electron chi connectivity index (χ1n) is 9.36. The Labute approximate surface area is 171 Å². The Bertz CT molecular complexity index is 868. The van der Waals surface area contributed by atoms with Crippen LogP contribution in [0, 0.1) is 0 Å². The van der Waals surface area contributed by atoms with Gasteiger partial charge in [-0.15, -0.1) is 0 Å². The Kier molecular flexibility index (Phi) is 7.19. The Morgan fingerprint density at radius 1 is 0.966 bits per heavy atom. The van der Waals surface area contributed by atoms with Crippen molar-refractivity contribution in [1.82, 2.24) is 0 Å². The van der Waals surface area contributed by atoms with E-state index in [0.717, 1.165) is 0 Å². The van der Waals surface area contributed by atoms with Gasteiger partial charge in [-0.3, -0.25) is 4.79 Å². The molecule has 0 fully saturated rings. The van der Waals surface area contributed by atoms with Crippen LogP contribution in [0.3, 0.4) is 0 Å². The zero-order valence-electron chi connectivity index (χ0n) is 18.1. The summed E-state index contributed by atoms with van der Waals surface area (Å²) in [6.07, 6.45) is 0.187. The van der Waals surface area contributed by atoms with Gasteiger partial charge in [-0.1, -0.05) is 0 Å². The molecule has 0 aliphatic carbocycles. The van der Waals surface area contributed by atoms with Crippen LogP contribution in [0.1, 0.15) is 45.3 Å². The lowest BCUT2D eigenvalue weighted by molar-refractivity contribution is -0.147. The predicted octanol–water partition coefficient (Wildman–Crippen LogP) is 4.03. The fourth-order valence-electron chi connectivity index (χ4n) is 3.38. The highest BCUT2D eigenvalue weighted by Crippen LogP contribution is 2.49. The maximum Gasteiger partial charge on any atom is 0.303 e. The summed E-state index contributed by atoms with van der Waals surface area (Å²) in [4.78, 5) is 11.8. The van der Waals surface area contributed by atoms with Crippen LogP contribution >= 0.6 is 0 Å². The topological polar surface area (TPSA) is 83.5 Å². The lowest BCUT2D eigenvalue weighted by Gasteiger charge is -2.26. The molecule has 7 heteroatoms. The molecule has 2 aromatic carbocycles. The molecule has 0 radical (unpaired) electrons. The van der Waals surface area contributed by atoms with E-state index in [0.29, 0.717) is 52.2 Å². The van der Waals surface area contributed by atoms with E-state index in [2.05, 4.69) is 0 Å². The van der Waals surface area contributed by atoms with E-state index < -0.39 is 17.7 Å². The van der Waals surface area contributed by atoms with Crippen LogP contribution in [0.15, 0.2) is 18.2 Å². The molecule has 1 N–H and O–H groups in total. The van der Waals surface area contributed by atoms with Crippen molar-refractivity contribution in [2.45, 2.75) is 45.3 Å². The summed E-state index contributed by atoms with van der Waals surface area (Å²) in [5.74, 6) is 1.78. The Morgan fingerprint density at radius 3 is 1.97 bits per heavy atom. The van der Waals surface area contributed by atoms with Crippen LogP contribution in [0.2, 0.25) is 0 Å². The monoisotopic (exact) mass is 406 g/mol. The van der Waals surface area contributed by atoms with Crippen molar-refractivity contribution < 1.29 is 33.6 Å². The largest absolute Gasteiger partial charge is 0.496 e. The molecule has 2 aromatic rings. The van der Waals surface area contributed by atoms with Gasteiger partial charge in [0, 0.05) is 12.5 Å². The minimum Gasteiger partial charge on any atom is -0.496 e. The van der Waals surface area contributed by atoms with E-state index in [1.54, 1.807) is 60.5 Å². The van der Waals surface area contributed by atoms with Crippen molar-refractivity contribution in [1.29, 1.82) is 0 Å². The van der Waals surface area contributed by atoms with Gasteiger partial charge in [-0.05, 0) is 44.9 Å². The molecular weight excluding hydrogens is 376 g/mol. The van der Waals surface area contributed by atoms with Gasteiger partial charge in [0.2, 0.25) is 0 Å². The Balaban J connectivity index is 2.81. The summed E-state index contributed by atoms with van der Waals surface area (Å²) in [6, 6.07) is 5.35. The number of esters is 1. The van der Waals surface area contributed by atoms with Crippen LogP contribution in [0.25, 0.3) is 10.8 Å². The first kappa shape index (κ1) is 22.6. The number of aliphatic hydroxyl groups is 1. The Morgan fingerprint density at radius 2 is 1.52 bits per heavy atom.